The summed E-state index contributed by atoms with van der Waals surface area (Å²) >= 11 is 3.37. The molecule has 0 amide bonds. The highest BCUT2D eigenvalue weighted by Gasteiger charge is 2.15. The Balaban J connectivity index is 1.97. The minimum atomic E-state index is -1.02. The Kier molecular flexibility index (Phi) is 5.45. The van der Waals surface area contributed by atoms with Crippen molar-refractivity contribution in [2.45, 2.75) is 19.1 Å². The predicted octanol–water partition coefficient (Wildman–Crippen LogP) is 4.11. The van der Waals surface area contributed by atoms with E-state index in [0.717, 1.165) is 22.2 Å². The third-order valence-electron chi connectivity index (χ3n) is 3.31. The highest BCUT2D eigenvalue weighted by atomic mass is 79.9. The van der Waals surface area contributed by atoms with Gasteiger partial charge in [0, 0.05) is 28.7 Å². The SMILES string of the molecule is CC(NCC(O)c1ccc(F)cc1F)c1ccc(Br)cc1. The number of nitrogens with one attached hydrogen (secondary N) is 1. The van der Waals surface area contributed by atoms with Crippen molar-refractivity contribution < 1.29 is 13.9 Å². The standard InChI is InChI=1S/C16H16BrF2NO/c1-10(11-2-4-12(17)5-3-11)20-9-16(21)14-7-6-13(18)8-15(14)19/h2-8,10,16,20-21H,9H2,1H3. The third-order valence-corrected chi connectivity index (χ3v) is 3.84. The van der Waals surface area contributed by atoms with Crippen LogP contribution in [0.4, 0.5) is 8.78 Å². The normalized spacial score (nSPS) is 14.0. The van der Waals surface area contributed by atoms with Gasteiger partial charge in [0.25, 0.3) is 0 Å². The van der Waals surface area contributed by atoms with E-state index in [9.17, 15) is 13.9 Å². The predicted molar refractivity (Wildman–Crippen MR) is 81.9 cm³/mol. The van der Waals surface area contributed by atoms with E-state index in [1.807, 2.05) is 31.2 Å². The molecule has 0 aliphatic rings. The van der Waals surface area contributed by atoms with Gasteiger partial charge in [-0.3, -0.25) is 0 Å². The summed E-state index contributed by atoms with van der Waals surface area (Å²) in [6.45, 7) is 2.14. The molecule has 21 heavy (non-hydrogen) atoms. The molecule has 2 nitrogen and oxygen atoms in total. The van der Waals surface area contributed by atoms with Crippen molar-refractivity contribution in [2.75, 3.05) is 6.54 Å². The first kappa shape index (κ1) is 16.1. The molecular formula is C16H16BrF2NO. The van der Waals surface area contributed by atoms with E-state index in [-0.39, 0.29) is 18.2 Å². The van der Waals surface area contributed by atoms with Crippen LogP contribution in [0.15, 0.2) is 46.9 Å². The Morgan fingerprint density at radius 1 is 1.14 bits per heavy atom. The summed E-state index contributed by atoms with van der Waals surface area (Å²) in [6.07, 6.45) is -1.02. The maximum absolute atomic E-state index is 13.6. The Hall–Kier alpha value is -1.30. The van der Waals surface area contributed by atoms with Gasteiger partial charge in [-0.2, -0.15) is 0 Å². The van der Waals surface area contributed by atoms with Crippen LogP contribution in [-0.4, -0.2) is 11.7 Å². The van der Waals surface area contributed by atoms with Crippen LogP contribution >= 0.6 is 15.9 Å². The molecule has 2 rings (SSSR count). The molecule has 5 heteroatoms. The molecule has 0 saturated heterocycles. The number of aliphatic hydroxyl groups is 1. The molecule has 0 fully saturated rings. The fourth-order valence-corrected chi connectivity index (χ4v) is 2.30. The topological polar surface area (TPSA) is 32.3 Å². The first-order chi connectivity index (χ1) is 9.97. The molecule has 2 aromatic carbocycles. The second-order valence-electron chi connectivity index (χ2n) is 4.86. The summed E-state index contributed by atoms with van der Waals surface area (Å²) in [7, 11) is 0. The summed E-state index contributed by atoms with van der Waals surface area (Å²) in [6, 6.07) is 11.0. The number of aliphatic hydroxyl groups excluding tert-OH is 1. The van der Waals surface area contributed by atoms with Crippen LogP contribution in [0.3, 0.4) is 0 Å². The fourth-order valence-electron chi connectivity index (χ4n) is 2.04. The summed E-state index contributed by atoms with van der Waals surface area (Å²) < 4.78 is 27.4. The zero-order valence-electron chi connectivity index (χ0n) is 11.5. The smallest absolute Gasteiger partial charge is 0.131 e. The Morgan fingerprint density at radius 3 is 2.43 bits per heavy atom. The molecule has 0 spiro atoms. The van der Waals surface area contributed by atoms with E-state index in [1.54, 1.807) is 0 Å². The van der Waals surface area contributed by atoms with Crippen LogP contribution in [0.1, 0.15) is 30.2 Å². The first-order valence-electron chi connectivity index (χ1n) is 6.59. The molecular weight excluding hydrogens is 340 g/mol. The van der Waals surface area contributed by atoms with E-state index in [0.29, 0.717) is 0 Å². The summed E-state index contributed by atoms with van der Waals surface area (Å²) in [4.78, 5) is 0. The maximum atomic E-state index is 13.6. The highest BCUT2D eigenvalue weighted by Crippen LogP contribution is 2.20. The molecule has 0 aliphatic carbocycles. The van der Waals surface area contributed by atoms with E-state index >= 15 is 0 Å². The monoisotopic (exact) mass is 355 g/mol. The van der Waals surface area contributed by atoms with E-state index < -0.39 is 17.7 Å². The largest absolute Gasteiger partial charge is 0.387 e. The van der Waals surface area contributed by atoms with Gasteiger partial charge >= 0.3 is 0 Å². The second kappa shape index (κ2) is 7.11. The van der Waals surface area contributed by atoms with Gasteiger partial charge in [0.2, 0.25) is 0 Å². The zero-order valence-corrected chi connectivity index (χ0v) is 13.1. The van der Waals surface area contributed by atoms with Gasteiger partial charge < -0.3 is 10.4 Å². The molecule has 0 aromatic heterocycles. The van der Waals surface area contributed by atoms with Crippen LogP contribution in [0.2, 0.25) is 0 Å². The van der Waals surface area contributed by atoms with Crippen molar-refractivity contribution in [3.8, 4) is 0 Å². The first-order valence-corrected chi connectivity index (χ1v) is 7.38. The molecule has 0 aliphatic heterocycles. The Bertz CT molecular complexity index is 604. The molecule has 2 aromatic rings. The fraction of sp³-hybridized carbons (Fsp3) is 0.250. The number of rotatable bonds is 5. The quantitative estimate of drug-likeness (QED) is 0.845. The average Bonchev–Trinajstić information content (AvgIpc) is 2.45. The molecule has 0 radical (unpaired) electrons. The lowest BCUT2D eigenvalue weighted by molar-refractivity contribution is 0.166. The lowest BCUT2D eigenvalue weighted by Gasteiger charge is -2.18. The van der Waals surface area contributed by atoms with E-state index in [2.05, 4.69) is 21.2 Å². The number of halogens is 3. The summed E-state index contributed by atoms with van der Waals surface area (Å²) in [5, 5.41) is 13.1. The zero-order chi connectivity index (χ0) is 15.4. The van der Waals surface area contributed by atoms with Crippen molar-refractivity contribution in [1.82, 2.24) is 5.32 Å². The van der Waals surface area contributed by atoms with Crippen LogP contribution in [0.5, 0.6) is 0 Å². The van der Waals surface area contributed by atoms with Crippen LogP contribution in [-0.2, 0) is 0 Å². The number of hydrogen-bond acceptors (Lipinski definition) is 2. The minimum absolute atomic E-state index is 0.0104. The van der Waals surface area contributed by atoms with E-state index in [1.165, 1.54) is 6.07 Å². The molecule has 0 heterocycles. The minimum Gasteiger partial charge on any atom is -0.387 e. The van der Waals surface area contributed by atoms with Gasteiger partial charge in [0.15, 0.2) is 0 Å². The third kappa shape index (κ3) is 4.33. The molecule has 0 bridgehead atoms. The van der Waals surface area contributed by atoms with Gasteiger partial charge in [-0.25, -0.2) is 8.78 Å². The molecule has 2 unspecified atom stereocenters. The lowest BCUT2D eigenvalue weighted by atomic mass is 10.1. The number of hydrogen-bond donors (Lipinski definition) is 2. The van der Waals surface area contributed by atoms with Gasteiger partial charge in [-0.05, 0) is 30.7 Å². The Labute approximate surface area is 130 Å². The van der Waals surface area contributed by atoms with Gasteiger partial charge in [0.1, 0.15) is 11.6 Å². The average molecular weight is 356 g/mol. The van der Waals surface area contributed by atoms with Gasteiger partial charge in [-0.15, -0.1) is 0 Å². The second-order valence-corrected chi connectivity index (χ2v) is 5.78. The molecule has 2 atom stereocenters. The number of benzene rings is 2. The van der Waals surface area contributed by atoms with Gasteiger partial charge in [0.05, 0.1) is 6.10 Å². The van der Waals surface area contributed by atoms with Crippen molar-refractivity contribution >= 4 is 15.9 Å². The van der Waals surface area contributed by atoms with Gasteiger partial charge in [-0.1, -0.05) is 34.1 Å². The van der Waals surface area contributed by atoms with Crippen molar-refractivity contribution in [3.63, 3.8) is 0 Å². The summed E-state index contributed by atoms with van der Waals surface area (Å²) in [5.74, 6) is -1.39. The lowest BCUT2D eigenvalue weighted by Crippen LogP contribution is -2.25. The van der Waals surface area contributed by atoms with Crippen LogP contribution < -0.4 is 5.32 Å². The molecule has 0 saturated carbocycles. The summed E-state index contributed by atoms with van der Waals surface area (Å²) in [5.41, 5.74) is 1.15. The van der Waals surface area contributed by atoms with Crippen molar-refractivity contribution in [3.05, 3.63) is 69.7 Å². The Morgan fingerprint density at radius 2 is 1.81 bits per heavy atom. The molecule has 2 N–H and O–H groups in total. The van der Waals surface area contributed by atoms with Crippen molar-refractivity contribution in [1.29, 1.82) is 0 Å². The highest BCUT2D eigenvalue weighted by molar-refractivity contribution is 9.10. The molecule has 112 valence electrons. The van der Waals surface area contributed by atoms with Crippen LogP contribution in [0, 0.1) is 11.6 Å². The maximum Gasteiger partial charge on any atom is 0.131 e. The van der Waals surface area contributed by atoms with E-state index in [4.69, 9.17) is 0 Å². The van der Waals surface area contributed by atoms with Crippen molar-refractivity contribution in [2.24, 2.45) is 0 Å². The van der Waals surface area contributed by atoms with Crippen LogP contribution in [0.25, 0.3) is 0 Å².